The van der Waals surface area contributed by atoms with Crippen LogP contribution >= 0.6 is 0 Å². The van der Waals surface area contributed by atoms with Crippen molar-refractivity contribution in [3.63, 3.8) is 0 Å². The van der Waals surface area contributed by atoms with Crippen LogP contribution < -0.4 is 75.7 Å². The van der Waals surface area contributed by atoms with Crippen molar-refractivity contribution in [3.8, 4) is 0 Å². The second kappa shape index (κ2) is 51.2. The summed E-state index contributed by atoms with van der Waals surface area (Å²) in [4.78, 5) is 309. The van der Waals surface area contributed by atoms with Crippen LogP contribution in [0.25, 0.3) is 21.8 Å². The normalized spacial score (nSPS) is 24.8. The Morgan fingerprint density at radius 2 is 1.14 bits per heavy atom. The molecule has 139 heavy (non-hydrogen) atoms. The highest BCUT2D eigenvalue weighted by molar-refractivity contribution is 6.03. The van der Waals surface area contributed by atoms with Crippen LogP contribution in [0.3, 0.4) is 0 Å². The number of nitrogens with one attached hydrogen (secondary N) is 12. The molecule has 15 atom stereocenters. The Morgan fingerprint density at radius 1 is 0.561 bits per heavy atom. The number of aliphatic hydroxyl groups is 1. The molecule has 5 aromatic rings. The highest BCUT2D eigenvalue weighted by Gasteiger charge is 2.53. The third-order valence-electron chi connectivity index (χ3n) is 24.6. The Labute approximate surface area is 799 Å². The maximum atomic E-state index is 16.0. The number of aromatic nitrogens is 2. The van der Waals surface area contributed by atoms with Crippen molar-refractivity contribution in [1.82, 2.24) is 92.5 Å². The lowest BCUT2D eigenvalue weighted by molar-refractivity contribution is -0.149. The molecule has 1 unspecified atom stereocenters. The molecule has 0 bridgehead atoms. The number of carboxylic acids is 3. The topological polar surface area (TPSA) is 687 Å². The van der Waals surface area contributed by atoms with Gasteiger partial charge in [0.15, 0.2) is 11.9 Å². The van der Waals surface area contributed by atoms with Crippen molar-refractivity contribution < 1.29 is 126 Å². The first-order valence-electron chi connectivity index (χ1n) is 45.9. The molecular formula is C92H126FN21O25. The van der Waals surface area contributed by atoms with Crippen LogP contribution in [0.4, 0.5) is 4.39 Å². The number of aliphatic hydroxyl groups excluding tert-OH is 1. The predicted molar refractivity (Wildman–Crippen MR) is 494 cm³/mol. The number of carbonyl (C=O) groups is 21. The number of benzene rings is 3. The molecule has 47 heteroatoms. The minimum atomic E-state index is -2.58. The number of unbranched alkanes of at least 4 members (excludes halogenated alkanes) is 2. The number of H-pyrrole nitrogens is 1. The van der Waals surface area contributed by atoms with Gasteiger partial charge in [-0.05, 0) is 105 Å². The molecule has 5 heterocycles. The Hall–Kier alpha value is -14.4. The monoisotopic (exact) mass is 1940 g/mol. The lowest BCUT2D eigenvalue weighted by Gasteiger charge is -2.39. The molecule has 3 aliphatic rings. The summed E-state index contributed by atoms with van der Waals surface area (Å²) in [7, 11) is 3.65. The number of primary amides is 3. The summed E-state index contributed by atoms with van der Waals surface area (Å²) in [6, 6.07) is -5.23. The molecule has 756 valence electrons. The quantitative estimate of drug-likeness (QED) is 0.0197. The van der Waals surface area contributed by atoms with Gasteiger partial charge in [0.1, 0.15) is 84.9 Å². The van der Waals surface area contributed by atoms with Crippen LogP contribution in [0.15, 0.2) is 85.2 Å². The summed E-state index contributed by atoms with van der Waals surface area (Å²) < 4.78 is 15.8. The number of likely N-dealkylation sites (N-methyl/N-ethyl adjacent to an activating group) is 3. The van der Waals surface area contributed by atoms with Gasteiger partial charge in [0.05, 0.1) is 38.1 Å². The fourth-order valence-corrected chi connectivity index (χ4v) is 17.2. The first kappa shape index (κ1) is 110. The number of nitrogens with two attached hydrogens (primary N) is 3. The molecule has 0 spiro atoms. The van der Waals surface area contributed by atoms with E-state index in [1.807, 2.05) is 0 Å². The molecule has 3 saturated heterocycles. The number of carbonyl (C=O) groups excluding carboxylic acids is 18. The lowest BCUT2D eigenvalue weighted by Crippen LogP contribution is -2.67. The van der Waals surface area contributed by atoms with E-state index < -0.39 is 317 Å². The highest BCUT2D eigenvalue weighted by Crippen LogP contribution is 2.32. The fraction of sp³-hybridized carbons (Fsp3) is 0.533. The summed E-state index contributed by atoms with van der Waals surface area (Å²) in [6.45, 7) is 4.27. The van der Waals surface area contributed by atoms with Crippen LogP contribution in [0.1, 0.15) is 154 Å². The molecular weight excluding hydrogens is 1820 g/mol. The molecule has 3 aromatic carbocycles. The van der Waals surface area contributed by atoms with Gasteiger partial charge < -0.3 is 125 Å². The zero-order valence-corrected chi connectivity index (χ0v) is 78.7. The number of carboxylic acid groups (broad SMARTS) is 3. The summed E-state index contributed by atoms with van der Waals surface area (Å²) in [5.41, 5.74) is 16.0. The Bertz CT molecular complexity index is 5360. The molecule has 0 aliphatic carbocycles. The van der Waals surface area contributed by atoms with Crippen molar-refractivity contribution in [2.24, 2.45) is 23.1 Å². The second-order valence-electron chi connectivity index (χ2n) is 35.6. The van der Waals surface area contributed by atoms with Crippen molar-refractivity contribution in [2.75, 3.05) is 53.9 Å². The number of nitrogens with zero attached hydrogens (tertiary/aromatic N) is 6. The number of aliphatic carboxylic acids is 3. The van der Waals surface area contributed by atoms with Gasteiger partial charge in [-0.25, -0.2) is 4.39 Å². The number of hydrogen-bond acceptors (Lipinski definition) is 24. The molecule has 2 aromatic heterocycles. The zero-order chi connectivity index (χ0) is 103. The average Bonchev–Trinajstić information content (AvgIpc) is 1.62. The van der Waals surface area contributed by atoms with E-state index in [0.29, 0.717) is 45.1 Å². The number of aromatic amines is 1. The summed E-state index contributed by atoms with van der Waals surface area (Å²) in [5, 5.41) is 71.2. The third-order valence-corrected chi connectivity index (χ3v) is 24.6. The van der Waals surface area contributed by atoms with Crippen molar-refractivity contribution in [1.29, 1.82) is 0 Å². The second-order valence-corrected chi connectivity index (χ2v) is 35.6. The fourth-order valence-electron chi connectivity index (χ4n) is 17.2. The molecule has 8 rings (SSSR count). The molecule has 17 amide bonds. The van der Waals surface area contributed by atoms with E-state index in [-0.39, 0.29) is 68.9 Å². The van der Waals surface area contributed by atoms with Crippen molar-refractivity contribution >= 4 is 146 Å². The number of rotatable bonds is 30. The number of aldehydes is 1. The van der Waals surface area contributed by atoms with Gasteiger partial charge in [0.2, 0.25) is 100 Å². The van der Waals surface area contributed by atoms with Crippen molar-refractivity contribution in [3.05, 3.63) is 108 Å². The van der Waals surface area contributed by atoms with Gasteiger partial charge >= 0.3 is 17.9 Å². The smallest absolute Gasteiger partial charge is 0.323 e. The van der Waals surface area contributed by atoms with E-state index in [9.17, 15) is 96.7 Å². The average molecular weight is 1950 g/mol. The number of hydrogen-bond donors (Lipinski definition) is 19. The van der Waals surface area contributed by atoms with Gasteiger partial charge in [-0.1, -0.05) is 102 Å². The number of para-hydroxylation sites is 2. The van der Waals surface area contributed by atoms with E-state index in [0.717, 1.165) is 38.8 Å². The number of halogens is 1. The van der Waals surface area contributed by atoms with Gasteiger partial charge in [-0.15, -0.1) is 0 Å². The van der Waals surface area contributed by atoms with Crippen LogP contribution in [0.2, 0.25) is 0 Å². The number of amides is 17. The molecule has 3 fully saturated rings. The molecule has 46 nitrogen and oxygen atoms in total. The minimum Gasteiger partial charge on any atom is -0.481 e. The van der Waals surface area contributed by atoms with E-state index >= 15 is 28.8 Å². The maximum absolute atomic E-state index is 16.0. The van der Waals surface area contributed by atoms with Gasteiger partial charge in [-0.3, -0.25) is 106 Å². The molecule has 3 aliphatic heterocycles. The highest BCUT2D eigenvalue weighted by atomic mass is 19.1. The van der Waals surface area contributed by atoms with Crippen molar-refractivity contribution in [2.45, 2.75) is 253 Å². The SMILES string of the molecule is CCCC[C@H]1C(=O)N(C)[C@@H](CCCC)C(=O)N[C@@H](CC(C)C)C(=O)N[C@H](C(=O)NCC(N)=O)CNCC(=O)N[C@@H](Cc2ccc(F)cc2)C(=O)N(C)[C@@H](C)C(=O)N[C@@H](CC(=O)O)C(=O)N2CCC[C@H]2C(=O)N[C@@H](CCC(N)=O)C(=O)N[C@@H](CCC(=O)O)C(=O)N2C[C@H](O)CC2(C=O)N[C@@H](Cc2c[nH]c3ccccc23)C(=O)N[C@@H](CC(N)=O)C(=O)N[C@@H](Cc2cn(CC(=O)O)c3ccccc23)C(=O)N1C. The first-order chi connectivity index (χ1) is 65.8. The van der Waals surface area contributed by atoms with E-state index in [1.165, 1.54) is 50.1 Å². The van der Waals surface area contributed by atoms with E-state index in [1.54, 1.807) is 76.2 Å². The van der Waals surface area contributed by atoms with Gasteiger partial charge in [0.25, 0.3) is 0 Å². The van der Waals surface area contributed by atoms with Gasteiger partial charge in [0, 0.05) is 107 Å². The Balaban J connectivity index is 1.26. The van der Waals surface area contributed by atoms with Crippen LogP contribution in [0, 0.1) is 11.7 Å². The standard InChI is InChI=1S/C92H126FN21O25/c1-9-11-21-69-85(133)104-61(34-49(3)4)82(130)107-67(80(128)99-43-74(96)119)42-97-44-75(120)100-64(35-51-25-27-54(93)28-26-51)87(135)109(6)50(5)79(127)105-66(39-77(123)124)89(137)113-33-17-24-70(113)86(134)101-59(29-31-72(94)117)81(129)102-60(30-32-76(121)122)90(138)114-46-55(116)40-92(114,48-115)108-63(36-52-41-98-58-20-15-13-18-56(52)58)84(132)103-62(38-73(95)118)83(131)106-65(88(136)111(8)71(22-12-10-2)91(139)110(69)7)37-53-45-112(47-78(125)126)68-23-16-14-19-57(53)68/h13-16,18-20,23,25-28,41,45,48-50,55,59-67,69-71,97-98,108,116H,9-12,17,21-22,24,29-40,42-44,46-47H2,1-8H3,(H2,94,117)(H2,95,118)(H2,96,119)(H,99,128)(H,100,120)(H,101,134)(H,102,129)(H,103,132)(H,104,133)(H,105,127)(H,106,131)(H,107,130)(H,121,122)(H,123,124)(H,125,126)/t50-,55+,59-,60-,61-,62-,63-,64-,65-,66-,67-,69-,70-,71-,92?/m0/s1. The van der Waals surface area contributed by atoms with Crippen LogP contribution in [0.5, 0.6) is 0 Å². The Kier molecular flexibility index (Phi) is 40.5. The van der Waals surface area contributed by atoms with E-state index in [2.05, 4.69) is 63.5 Å². The molecule has 0 radical (unpaired) electrons. The summed E-state index contributed by atoms with van der Waals surface area (Å²) in [6.07, 6.45) is -5.29. The Morgan fingerprint density at radius 3 is 1.77 bits per heavy atom. The van der Waals surface area contributed by atoms with Gasteiger partial charge in [-0.2, -0.15) is 0 Å². The zero-order valence-electron chi connectivity index (χ0n) is 78.7. The molecule has 0 saturated carbocycles. The van der Waals surface area contributed by atoms with Crippen LogP contribution in [-0.2, 0) is 126 Å². The maximum Gasteiger partial charge on any atom is 0.323 e. The summed E-state index contributed by atoms with van der Waals surface area (Å²) in [5.74, 6) is -24.4. The lowest BCUT2D eigenvalue weighted by atomic mass is 9.98. The summed E-state index contributed by atoms with van der Waals surface area (Å²) >= 11 is 0. The number of fused-ring (bicyclic) bond motifs is 4. The minimum absolute atomic E-state index is 0.0215. The third kappa shape index (κ3) is 30.6. The van der Waals surface area contributed by atoms with Crippen LogP contribution in [-0.4, -0.2) is 323 Å². The molecule has 22 N–H and O–H groups in total. The first-order valence-corrected chi connectivity index (χ1v) is 45.9. The predicted octanol–water partition coefficient (Wildman–Crippen LogP) is -3.70. The van der Waals surface area contributed by atoms with E-state index in [4.69, 9.17) is 17.2 Å². The largest absolute Gasteiger partial charge is 0.481 e.